The summed E-state index contributed by atoms with van der Waals surface area (Å²) in [7, 11) is 1.33. The van der Waals surface area contributed by atoms with Crippen molar-refractivity contribution < 1.29 is 19.1 Å². The maximum absolute atomic E-state index is 14.6. The lowest BCUT2D eigenvalue weighted by Gasteiger charge is -2.17. The first-order chi connectivity index (χ1) is 13.0. The third-order valence-corrected chi connectivity index (χ3v) is 4.44. The number of carbonyl (C=O) groups excluding carboxylic acids is 1. The van der Waals surface area contributed by atoms with Crippen LogP contribution in [-0.4, -0.2) is 50.5 Å². The lowest BCUT2D eigenvalue weighted by molar-refractivity contribution is -0.117. The largest absolute Gasteiger partial charge is 0.465 e. The van der Waals surface area contributed by atoms with Crippen molar-refractivity contribution in [3.63, 3.8) is 0 Å². The normalized spacial score (nSPS) is 14.1. The number of nitrogens with zero attached hydrogens (tertiary/aromatic N) is 6. The maximum Gasteiger partial charge on any atom is 0.414 e. The Bertz CT molecular complexity index is 1070. The molecule has 1 aliphatic rings. The average molecular weight is 370 g/mol. The molecule has 0 radical (unpaired) electrons. The van der Waals surface area contributed by atoms with Gasteiger partial charge in [0.15, 0.2) is 5.65 Å². The van der Waals surface area contributed by atoms with E-state index in [1.54, 1.807) is 24.3 Å². The monoisotopic (exact) mass is 370 g/mol. The fraction of sp³-hybridized carbons (Fsp3) is 0.235. The van der Waals surface area contributed by atoms with Crippen LogP contribution in [0.1, 0.15) is 12.8 Å². The molecule has 1 fully saturated rings. The van der Waals surface area contributed by atoms with E-state index in [9.17, 15) is 14.0 Å². The molecular weight excluding hydrogens is 355 g/mol. The molecule has 4 rings (SSSR count). The highest BCUT2D eigenvalue weighted by Crippen LogP contribution is 2.28. The maximum atomic E-state index is 14.6. The minimum Gasteiger partial charge on any atom is -0.465 e. The Kier molecular flexibility index (Phi) is 3.94. The van der Waals surface area contributed by atoms with Gasteiger partial charge in [0.2, 0.25) is 5.91 Å². The smallest absolute Gasteiger partial charge is 0.414 e. The second-order valence-corrected chi connectivity index (χ2v) is 6.15. The van der Waals surface area contributed by atoms with Crippen molar-refractivity contribution in [2.45, 2.75) is 12.8 Å². The lowest BCUT2D eigenvalue weighted by atomic mass is 10.1. The molecule has 0 aliphatic carbocycles. The standard InChI is InChI=1S/C17H15FN6O3/c1-22(17(26)27)16-20-19-14-7-5-12(21-24(14)16)10-4-6-13(11(18)9-10)23-8-2-3-15(23)25/h4-7,9H,2-3,8H2,1H3,(H,26,27). The molecule has 1 aliphatic heterocycles. The minimum atomic E-state index is -1.21. The zero-order valence-electron chi connectivity index (χ0n) is 14.3. The molecule has 1 saturated heterocycles. The van der Waals surface area contributed by atoms with Crippen molar-refractivity contribution in [1.29, 1.82) is 0 Å². The Morgan fingerprint density at radius 1 is 1.26 bits per heavy atom. The third kappa shape index (κ3) is 2.84. The van der Waals surface area contributed by atoms with Crippen molar-refractivity contribution in [2.24, 2.45) is 0 Å². The number of amides is 2. The Labute approximate surface area is 152 Å². The van der Waals surface area contributed by atoms with Gasteiger partial charge in [-0.1, -0.05) is 6.07 Å². The summed E-state index contributed by atoms with van der Waals surface area (Å²) in [5.74, 6) is -0.581. The van der Waals surface area contributed by atoms with Gasteiger partial charge in [-0.05, 0) is 30.7 Å². The Morgan fingerprint density at radius 2 is 2.07 bits per heavy atom. The highest BCUT2D eigenvalue weighted by Gasteiger charge is 2.24. The van der Waals surface area contributed by atoms with E-state index in [-0.39, 0.29) is 17.5 Å². The van der Waals surface area contributed by atoms with E-state index in [1.807, 2.05) is 0 Å². The van der Waals surface area contributed by atoms with Crippen LogP contribution in [0.15, 0.2) is 30.3 Å². The van der Waals surface area contributed by atoms with Crippen molar-refractivity contribution in [3.8, 4) is 11.3 Å². The predicted octanol–water partition coefficient (Wildman–Crippen LogP) is 2.17. The van der Waals surface area contributed by atoms with Crippen molar-refractivity contribution in [3.05, 3.63) is 36.1 Å². The molecule has 2 aromatic heterocycles. The van der Waals surface area contributed by atoms with Gasteiger partial charge in [-0.3, -0.25) is 4.79 Å². The summed E-state index contributed by atoms with van der Waals surface area (Å²) in [6, 6.07) is 7.79. The molecule has 0 spiro atoms. The summed E-state index contributed by atoms with van der Waals surface area (Å²) in [4.78, 5) is 25.3. The molecule has 10 heteroatoms. The topological polar surface area (TPSA) is 104 Å². The summed E-state index contributed by atoms with van der Waals surface area (Å²) < 4.78 is 15.9. The van der Waals surface area contributed by atoms with E-state index in [0.717, 1.165) is 4.90 Å². The van der Waals surface area contributed by atoms with E-state index in [2.05, 4.69) is 15.3 Å². The molecule has 1 aromatic carbocycles. The summed E-state index contributed by atoms with van der Waals surface area (Å²) in [6.07, 6.45) is -0.0687. The molecule has 27 heavy (non-hydrogen) atoms. The van der Waals surface area contributed by atoms with E-state index in [0.29, 0.717) is 36.3 Å². The second-order valence-electron chi connectivity index (χ2n) is 6.15. The SMILES string of the molecule is CN(C(=O)O)c1nnc2ccc(-c3ccc(N4CCCC4=O)c(F)c3)nn12. The number of benzene rings is 1. The highest BCUT2D eigenvalue weighted by molar-refractivity contribution is 5.95. The fourth-order valence-corrected chi connectivity index (χ4v) is 3.01. The Hall–Kier alpha value is -3.56. The number of fused-ring (bicyclic) bond motifs is 1. The number of aromatic nitrogens is 4. The molecule has 9 nitrogen and oxygen atoms in total. The first-order valence-electron chi connectivity index (χ1n) is 8.25. The molecule has 0 atom stereocenters. The number of hydrogen-bond donors (Lipinski definition) is 1. The van der Waals surface area contributed by atoms with Crippen LogP contribution in [0.4, 0.5) is 20.8 Å². The van der Waals surface area contributed by atoms with Gasteiger partial charge in [-0.15, -0.1) is 10.2 Å². The summed E-state index contributed by atoms with van der Waals surface area (Å²) in [5.41, 5.74) is 1.52. The molecule has 0 bridgehead atoms. The van der Waals surface area contributed by atoms with Gasteiger partial charge >= 0.3 is 6.09 Å². The Balaban J connectivity index is 1.74. The van der Waals surface area contributed by atoms with Gasteiger partial charge in [0.1, 0.15) is 5.82 Å². The van der Waals surface area contributed by atoms with Crippen molar-refractivity contribution in [1.82, 2.24) is 19.8 Å². The second kappa shape index (κ2) is 6.31. The summed E-state index contributed by atoms with van der Waals surface area (Å²) in [6.45, 7) is 0.505. The average Bonchev–Trinajstić information content (AvgIpc) is 3.26. The van der Waals surface area contributed by atoms with E-state index < -0.39 is 11.9 Å². The van der Waals surface area contributed by atoms with Crippen LogP contribution in [0.2, 0.25) is 0 Å². The van der Waals surface area contributed by atoms with Gasteiger partial charge in [-0.2, -0.15) is 9.61 Å². The molecule has 138 valence electrons. The Morgan fingerprint density at radius 3 is 2.74 bits per heavy atom. The number of carboxylic acid groups (broad SMARTS) is 1. The van der Waals surface area contributed by atoms with E-state index in [4.69, 9.17) is 5.11 Å². The molecule has 2 amide bonds. The lowest BCUT2D eigenvalue weighted by Crippen LogP contribution is -2.26. The van der Waals surface area contributed by atoms with E-state index in [1.165, 1.54) is 22.5 Å². The summed E-state index contributed by atoms with van der Waals surface area (Å²) >= 11 is 0. The van der Waals surface area contributed by atoms with Crippen LogP contribution in [0.25, 0.3) is 16.9 Å². The predicted molar refractivity (Wildman–Crippen MR) is 94.2 cm³/mol. The van der Waals surface area contributed by atoms with Crippen LogP contribution in [-0.2, 0) is 4.79 Å². The number of hydrogen-bond acceptors (Lipinski definition) is 5. The van der Waals surface area contributed by atoms with Crippen molar-refractivity contribution in [2.75, 3.05) is 23.4 Å². The van der Waals surface area contributed by atoms with Crippen LogP contribution in [0.3, 0.4) is 0 Å². The molecule has 3 heterocycles. The highest BCUT2D eigenvalue weighted by atomic mass is 19.1. The minimum absolute atomic E-state index is 0.0269. The van der Waals surface area contributed by atoms with Crippen molar-refractivity contribution >= 4 is 29.3 Å². The molecule has 3 aromatic rings. The zero-order valence-corrected chi connectivity index (χ0v) is 14.3. The van der Waals surface area contributed by atoms with Crippen LogP contribution in [0.5, 0.6) is 0 Å². The van der Waals surface area contributed by atoms with Crippen LogP contribution in [0, 0.1) is 5.82 Å². The van der Waals surface area contributed by atoms with Gasteiger partial charge < -0.3 is 10.0 Å². The number of anilines is 2. The van der Waals surface area contributed by atoms with E-state index >= 15 is 0 Å². The molecular formula is C17H15FN6O3. The quantitative estimate of drug-likeness (QED) is 0.758. The van der Waals surface area contributed by atoms with Gasteiger partial charge in [0, 0.05) is 25.6 Å². The first-order valence-corrected chi connectivity index (χ1v) is 8.25. The number of carbonyl (C=O) groups is 2. The molecule has 1 N–H and O–H groups in total. The first kappa shape index (κ1) is 16.9. The fourth-order valence-electron chi connectivity index (χ4n) is 3.01. The number of halogens is 1. The van der Waals surface area contributed by atoms with Gasteiger partial charge in [0.25, 0.3) is 5.95 Å². The summed E-state index contributed by atoms with van der Waals surface area (Å²) in [5, 5.41) is 21.2. The number of rotatable bonds is 3. The molecule has 0 saturated carbocycles. The third-order valence-electron chi connectivity index (χ3n) is 4.44. The van der Waals surface area contributed by atoms with Gasteiger partial charge in [0.05, 0.1) is 11.4 Å². The molecule has 0 unspecified atom stereocenters. The van der Waals surface area contributed by atoms with Gasteiger partial charge in [-0.25, -0.2) is 14.1 Å². The zero-order chi connectivity index (χ0) is 19.1. The van der Waals surface area contributed by atoms with Crippen LogP contribution < -0.4 is 9.80 Å². The van der Waals surface area contributed by atoms with Crippen LogP contribution >= 0.6 is 0 Å².